The summed E-state index contributed by atoms with van der Waals surface area (Å²) in [4.78, 5) is 6.86. The van der Waals surface area contributed by atoms with Crippen molar-refractivity contribution in [3.63, 3.8) is 0 Å². The van der Waals surface area contributed by atoms with Crippen molar-refractivity contribution in [1.82, 2.24) is 14.5 Å². The Labute approximate surface area is 154 Å². The number of rotatable bonds is 3. The van der Waals surface area contributed by atoms with Gasteiger partial charge in [0.2, 0.25) is 0 Å². The molecule has 3 heterocycles. The van der Waals surface area contributed by atoms with Crippen molar-refractivity contribution < 1.29 is 0 Å². The number of likely N-dealkylation sites (N-methyl/N-ethyl adjacent to an activating group) is 1. The Hall–Kier alpha value is -1.84. The molecule has 0 fully saturated rings. The molecular weight excluding hydrogens is 330 g/mol. The molecule has 3 aromatic rings. The highest BCUT2D eigenvalue weighted by atomic mass is 35.5. The van der Waals surface area contributed by atoms with Crippen LogP contribution in [0.25, 0.3) is 10.9 Å². The Balaban J connectivity index is 1.77. The van der Waals surface area contributed by atoms with Crippen molar-refractivity contribution in [2.45, 2.75) is 39.3 Å². The van der Waals surface area contributed by atoms with Crippen LogP contribution in [0.3, 0.4) is 0 Å². The molecule has 1 aromatic carbocycles. The SMILES string of the molecule is Cc1ccc(C(C)Cn2c3c(c4cc(Cl)ccc42)CN(C)CC3)cn1. The molecular formula is C21H24ClN3. The minimum atomic E-state index is 0.420. The number of halogens is 1. The smallest absolute Gasteiger partial charge is 0.0487 e. The maximum Gasteiger partial charge on any atom is 0.0487 e. The summed E-state index contributed by atoms with van der Waals surface area (Å²) in [6.45, 7) is 7.40. The van der Waals surface area contributed by atoms with Gasteiger partial charge in [0.05, 0.1) is 0 Å². The molecule has 2 aromatic heterocycles. The molecule has 0 spiro atoms. The van der Waals surface area contributed by atoms with Crippen LogP contribution in [-0.4, -0.2) is 28.0 Å². The lowest BCUT2D eigenvalue weighted by Crippen LogP contribution is -2.27. The number of hydrogen-bond donors (Lipinski definition) is 0. The number of nitrogens with zero attached hydrogens (tertiary/aromatic N) is 3. The first-order valence-corrected chi connectivity index (χ1v) is 9.31. The van der Waals surface area contributed by atoms with Gasteiger partial charge in [-0.05, 0) is 49.4 Å². The molecule has 130 valence electrons. The number of aromatic nitrogens is 2. The predicted octanol–water partition coefficient (Wildman–Crippen LogP) is 4.79. The third-order valence-electron chi connectivity index (χ3n) is 5.37. The molecule has 1 unspecified atom stereocenters. The van der Waals surface area contributed by atoms with Gasteiger partial charge in [0.15, 0.2) is 0 Å². The summed E-state index contributed by atoms with van der Waals surface area (Å²) in [6, 6.07) is 10.6. The highest BCUT2D eigenvalue weighted by Gasteiger charge is 2.23. The van der Waals surface area contributed by atoms with Gasteiger partial charge in [-0.1, -0.05) is 24.6 Å². The second-order valence-electron chi connectivity index (χ2n) is 7.32. The van der Waals surface area contributed by atoms with Gasteiger partial charge in [-0.2, -0.15) is 0 Å². The highest BCUT2D eigenvalue weighted by Crippen LogP contribution is 2.34. The third kappa shape index (κ3) is 3.07. The van der Waals surface area contributed by atoms with Gasteiger partial charge in [-0.15, -0.1) is 0 Å². The normalized spacial score (nSPS) is 16.2. The van der Waals surface area contributed by atoms with Crippen molar-refractivity contribution in [3.05, 3.63) is 64.1 Å². The summed E-state index contributed by atoms with van der Waals surface area (Å²) < 4.78 is 2.51. The molecule has 0 radical (unpaired) electrons. The maximum atomic E-state index is 6.29. The number of hydrogen-bond acceptors (Lipinski definition) is 2. The Morgan fingerprint density at radius 2 is 2.08 bits per heavy atom. The van der Waals surface area contributed by atoms with Crippen molar-refractivity contribution in [1.29, 1.82) is 0 Å². The Morgan fingerprint density at radius 1 is 1.24 bits per heavy atom. The molecule has 0 saturated carbocycles. The largest absolute Gasteiger partial charge is 0.344 e. The van der Waals surface area contributed by atoms with E-state index < -0.39 is 0 Å². The van der Waals surface area contributed by atoms with E-state index in [2.05, 4.69) is 52.7 Å². The lowest BCUT2D eigenvalue weighted by atomic mass is 10.0. The number of benzene rings is 1. The fourth-order valence-electron chi connectivity index (χ4n) is 3.92. The van der Waals surface area contributed by atoms with Gasteiger partial charge in [0.25, 0.3) is 0 Å². The first kappa shape index (κ1) is 16.6. The summed E-state index contributed by atoms with van der Waals surface area (Å²) in [7, 11) is 2.19. The third-order valence-corrected chi connectivity index (χ3v) is 5.60. The number of aryl methyl sites for hydroxylation is 1. The fraction of sp³-hybridized carbons (Fsp3) is 0.381. The average molecular weight is 354 g/mol. The van der Waals surface area contributed by atoms with Crippen LogP contribution in [0, 0.1) is 6.92 Å². The summed E-state index contributed by atoms with van der Waals surface area (Å²) >= 11 is 6.29. The number of fused-ring (bicyclic) bond motifs is 3. The Kier molecular flexibility index (Phi) is 4.30. The summed E-state index contributed by atoms with van der Waals surface area (Å²) in [6.07, 6.45) is 3.11. The fourth-order valence-corrected chi connectivity index (χ4v) is 4.09. The first-order chi connectivity index (χ1) is 12.0. The number of pyridine rings is 1. The van der Waals surface area contributed by atoms with Gasteiger partial charge in [0, 0.05) is 65.5 Å². The molecule has 0 aliphatic carbocycles. The second-order valence-corrected chi connectivity index (χ2v) is 7.76. The standard InChI is InChI=1S/C21H24ClN3/c1-14(16-5-4-15(2)23-11-16)12-25-20-7-6-17(22)10-18(20)19-13-24(3)9-8-21(19)25/h4-7,10-11,14H,8-9,12-13H2,1-3H3. The molecule has 25 heavy (non-hydrogen) atoms. The molecule has 1 aliphatic heterocycles. The van der Waals surface area contributed by atoms with E-state index in [0.29, 0.717) is 5.92 Å². The summed E-state index contributed by atoms with van der Waals surface area (Å²) in [5.74, 6) is 0.420. The van der Waals surface area contributed by atoms with Crippen LogP contribution < -0.4 is 0 Å². The molecule has 0 saturated heterocycles. The zero-order valence-electron chi connectivity index (χ0n) is 15.1. The minimum Gasteiger partial charge on any atom is -0.344 e. The van der Waals surface area contributed by atoms with Crippen LogP contribution >= 0.6 is 11.6 Å². The monoisotopic (exact) mass is 353 g/mol. The minimum absolute atomic E-state index is 0.420. The van der Waals surface area contributed by atoms with Gasteiger partial charge in [0.1, 0.15) is 0 Å². The van der Waals surface area contributed by atoms with Crippen LogP contribution in [0.5, 0.6) is 0 Å². The van der Waals surface area contributed by atoms with Crippen molar-refractivity contribution >= 4 is 22.5 Å². The molecule has 4 heteroatoms. The van der Waals surface area contributed by atoms with E-state index in [9.17, 15) is 0 Å². The van der Waals surface area contributed by atoms with Crippen molar-refractivity contribution in [2.24, 2.45) is 0 Å². The quantitative estimate of drug-likeness (QED) is 0.675. The van der Waals surface area contributed by atoms with E-state index >= 15 is 0 Å². The van der Waals surface area contributed by atoms with Crippen LogP contribution in [0.2, 0.25) is 5.02 Å². The first-order valence-electron chi connectivity index (χ1n) is 8.93. The highest BCUT2D eigenvalue weighted by molar-refractivity contribution is 6.31. The van der Waals surface area contributed by atoms with Crippen molar-refractivity contribution in [2.75, 3.05) is 13.6 Å². The van der Waals surface area contributed by atoms with Gasteiger partial charge >= 0.3 is 0 Å². The zero-order valence-corrected chi connectivity index (χ0v) is 15.8. The lowest BCUT2D eigenvalue weighted by Gasteiger charge is -2.25. The molecule has 0 amide bonds. The summed E-state index contributed by atoms with van der Waals surface area (Å²) in [5.41, 5.74) is 6.58. The molecule has 1 aliphatic rings. The van der Waals surface area contributed by atoms with Gasteiger partial charge < -0.3 is 9.47 Å². The van der Waals surface area contributed by atoms with Crippen LogP contribution in [-0.2, 0) is 19.5 Å². The molecule has 1 atom stereocenters. The molecule has 4 rings (SSSR count). The van der Waals surface area contributed by atoms with Crippen molar-refractivity contribution in [3.8, 4) is 0 Å². The van der Waals surface area contributed by atoms with Crippen LogP contribution in [0.1, 0.15) is 35.4 Å². The molecule has 3 nitrogen and oxygen atoms in total. The van der Waals surface area contributed by atoms with E-state index in [4.69, 9.17) is 11.6 Å². The topological polar surface area (TPSA) is 21.1 Å². The second kappa shape index (κ2) is 6.47. The van der Waals surface area contributed by atoms with Crippen LogP contribution in [0.4, 0.5) is 0 Å². The summed E-state index contributed by atoms with van der Waals surface area (Å²) in [5, 5.41) is 2.12. The Bertz CT molecular complexity index is 911. The molecule has 0 N–H and O–H groups in total. The zero-order chi connectivity index (χ0) is 17.6. The van der Waals surface area contributed by atoms with Gasteiger partial charge in [-0.25, -0.2) is 0 Å². The van der Waals surface area contributed by atoms with E-state index in [0.717, 1.165) is 36.8 Å². The van der Waals surface area contributed by atoms with E-state index in [-0.39, 0.29) is 0 Å². The molecule has 0 bridgehead atoms. The van der Waals surface area contributed by atoms with Gasteiger partial charge in [-0.3, -0.25) is 4.98 Å². The van der Waals surface area contributed by atoms with Crippen LogP contribution in [0.15, 0.2) is 36.5 Å². The lowest BCUT2D eigenvalue weighted by molar-refractivity contribution is 0.308. The average Bonchev–Trinajstić information content (AvgIpc) is 2.88. The van der Waals surface area contributed by atoms with E-state index in [1.54, 1.807) is 0 Å². The van der Waals surface area contributed by atoms with E-state index in [1.807, 2.05) is 19.2 Å². The van der Waals surface area contributed by atoms with E-state index in [1.165, 1.54) is 27.7 Å². The maximum absolute atomic E-state index is 6.29. The predicted molar refractivity (Wildman–Crippen MR) is 104 cm³/mol. The Morgan fingerprint density at radius 3 is 2.84 bits per heavy atom.